The van der Waals surface area contributed by atoms with E-state index >= 15 is 0 Å². The Bertz CT molecular complexity index is 2200. The van der Waals surface area contributed by atoms with Crippen LogP contribution in [-0.2, 0) is 0 Å². The molecular weight excluding hydrogens is 562 g/mol. The molecule has 0 saturated carbocycles. The van der Waals surface area contributed by atoms with Crippen molar-refractivity contribution >= 4 is 21.8 Å². The average molecular weight is 590 g/mol. The van der Waals surface area contributed by atoms with Gasteiger partial charge in [0.05, 0.1) is 28.4 Å². The number of aryl methyl sites for hydroxylation is 6. The molecule has 4 heterocycles. The number of hydrogen-bond donors (Lipinski definition) is 0. The van der Waals surface area contributed by atoms with Gasteiger partial charge in [0.1, 0.15) is 34.9 Å². The van der Waals surface area contributed by atoms with Gasteiger partial charge in [-0.2, -0.15) is 5.26 Å². The van der Waals surface area contributed by atoms with Crippen molar-refractivity contribution in [2.75, 3.05) is 0 Å². The van der Waals surface area contributed by atoms with E-state index in [9.17, 15) is 5.26 Å². The lowest BCUT2D eigenvalue weighted by Crippen LogP contribution is -2.04. The first-order valence-electron chi connectivity index (χ1n) is 14.4. The Morgan fingerprint density at radius 3 is 1.33 bits per heavy atom. The van der Waals surface area contributed by atoms with E-state index in [-0.39, 0.29) is 0 Å². The summed E-state index contributed by atoms with van der Waals surface area (Å²) in [7, 11) is 0. The second-order valence-electron chi connectivity index (χ2n) is 10.9. The summed E-state index contributed by atoms with van der Waals surface area (Å²) < 4.78 is 2.17. The van der Waals surface area contributed by atoms with E-state index in [1.807, 2.05) is 71.9 Å². The highest BCUT2D eigenvalue weighted by atomic mass is 15.1. The van der Waals surface area contributed by atoms with Gasteiger partial charge >= 0.3 is 0 Å². The Balaban J connectivity index is 1.59. The van der Waals surface area contributed by atoms with Gasteiger partial charge in [0.25, 0.3) is 0 Å². The maximum atomic E-state index is 9.85. The van der Waals surface area contributed by atoms with Crippen LogP contribution in [0.25, 0.3) is 61.7 Å². The van der Waals surface area contributed by atoms with E-state index in [1.165, 1.54) is 0 Å². The average Bonchev–Trinajstić information content (AvgIpc) is 3.32. The summed E-state index contributed by atoms with van der Waals surface area (Å²) in [5.74, 6) is 5.49. The molecule has 0 saturated heterocycles. The second-order valence-corrected chi connectivity index (χ2v) is 10.9. The molecule has 0 bridgehead atoms. The predicted octanol–water partition coefficient (Wildman–Crippen LogP) is 6.06. The highest BCUT2D eigenvalue weighted by Gasteiger charge is 2.20. The monoisotopic (exact) mass is 589 g/mol. The van der Waals surface area contributed by atoms with E-state index in [2.05, 4.69) is 79.8 Å². The van der Waals surface area contributed by atoms with Crippen molar-refractivity contribution in [3.05, 3.63) is 95.1 Å². The molecule has 0 spiro atoms. The maximum absolute atomic E-state index is 9.85. The zero-order valence-electron chi connectivity index (χ0n) is 25.6. The van der Waals surface area contributed by atoms with E-state index < -0.39 is 0 Å². The molecule has 218 valence electrons. The van der Waals surface area contributed by atoms with Gasteiger partial charge in [-0.3, -0.25) is 0 Å². The predicted molar refractivity (Wildman–Crippen MR) is 170 cm³/mol. The van der Waals surface area contributed by atoms with Crippen LogP contribution in [-0.4, -0.2) is 49.4 Å². The minimum atomic E-state index is 0.488. The third kappa shape index (κ3) is 5.02. The summed E-state index contributed by atoms with van der Waals surface area (Å²) in [5, 5.41) is 11.9. The second kappa shape index (κ2) is 10.6. The highest BCUT2D eigenvalue weighted by Crippen LogP contribution is 2.38. The number of nitriles is 1. The van der Waals surface area contributed by atoms with Gasteiger partial charge in [-0.25, -0.2) is 44.9 Å². The third-order valence-electron chi connectivity index (χ3n) is 7.47. The van der Waals surface area contributed by atoms with Crippen molar-refractivity contribution in [3.8, 4) is 45.9 Å². The lowest BCUT2D eigenvalue weighted by Gasteiger charge is -2.15. The van der Waals surface area contributed by atoms with Crippen molar-refractivity contribution < 1.29 is 0 Å². The number of hydrogen-bond acceptors (Lipinski definition) is 10. The molecule has 0 atom stereocenters. The fourth-order valence-corrected chi connectivity index (χ4v) is 5.76. The fourth-order valence-electron chi connectivity index (χ4n) is 5.76. The van der Waals surface area contributed by atoms with Crippen LogP contribution in [0.4, 0.5) is 0 Å². The minimum Gasteiger partial charge on any atom is -0.308 e. The van der Waals surface area contributed by atoms with Crippen LogP contribution in [0.3, 0.4) is 0 Å². The van der Waals surface area contributed by atoms with Crippen LogP contribution in [0, 0.1) is 52.9 Å². The smallest absolute Gasteiger partial charge is 0.165 e. The summed E-state index contributed by atoms with van der Waals surface area (Å²) in [5.41, 5.74) is 5.56. The highest BCUT2D eigenvalue weighted by molar-refractivity contribution is 6.11. The minimum absolute atomic E-state index is 0.488. The summed E-state index contributed by atoms with van der Waals surface area (Å²) in [6.07, 6.45) is 0. The number of fused-ring (bicyclic) bond motifs is 3. The van der Waals surface area contributed by atoms with Crippen molar-refractivity contribution in [1.82, 2.24) is 49.4 Å². The van der Waals surface area contributed by atoms with Gasteiger partial charge < -0.3 is 4.57 Å². The molecule has 11 heteroatoms. The quantitative estimate of drug-likeness (QED) is 0.237. The molecule has 4 aromatic heterocycles. The molecule has 0 radical (unpaired) electrons. The van der Waals surface area contributed by atoms with Crippen LogP contribution in [0.5, 0.6) is 0 Å². The molecule has 7 aromatic rings. The van der Waals surface area contributed by atoms with Gasteiger partial charge in [-0.15, -0.1) is 0 Å². The zero-order valence-corrected chi connectivity index (χ0v) is 25.6. The first kappa shape index (κ1) is 27.8. The van der Waals surface area contributed by atoms with E-state index in [1.54, 1.807) is 0 Å². The van der Waals surface area contributed by atoms with E-state index in [0.29, 0.717) is 63.5 Å². The van der Waals surface area contributed by atoms with Gasteiger partial charge in [0.15, 0.2) is 17.5 Å². The zero-order chi connectivity index (χ0) is 31.4. The van der Waals surface area contributed by atoms with Crippen LogP contribution in [0.15, 0.2) is 54.6 Å². The molecule has 0 unspecified atom stereocenters. The molecular formula is C34H27N11. The standard InChI is InChI=1S/C34H27N11/c1-17-36-18(2)40-32(39-17)24-8-10-26-27-11-9-25(33-41-19(3)37-20(4)42-33)15-31(27)45(30(26)14-24)29-12-7-23(16-35)13-28(29)34-43-21(5)38-22(6)44-34/h7-15H,1-6H3. The van der Waals surface area contributed by atoms with Crippen LogP contribution in [0.1, 0.15) is 40.5 Å². The van der Waals surface area contributed by atoms with Crippen molar-refractivity contribution in [1.29, 1.82) is 5.26 Å². The van der Waals surface area contributed by atoms with Crippen LogP contribution in [0.2, 0.25) is 0 Å². The summed E-state index contributed by atoms with van der Waals surface area (Å²) in [6, 6.07) is 20.3. The van der Waals surface area contributed by atoms with Crippen molar-refractivity contribution in [2.24, 2.45) is 0 Å². The molecule has 0 aliphatic heterocycles. The summed E-state index contributed by atoms with van der Waals surface area (Å²) in [6.45, 7) is 11.1. The van der Waals surface area contributed by atoms with Crippen LogP contribution >= 0.6 is 0 Å². The summed E-state index contributed by atoms with van der Waals surface area (Å²) >= 11 is 0. The Hall–Kier alpha value is -6.02. The number of aromatic nitrogens is 10. The van der Waals surface area contributed by atoms with E-state index in [4.69, 9.17) is 0 Å². The van der Waals surface area contributed by atoms with Gasteiger partial charge in [-0.1, -0.05) is 24.3 Å². The maximum Gasteiger partial charge on any atom is 0.165 e. The molecule has 0 aliphatic rings. The molecule has 45 heavy (non-hydrogen) atoms. The SMILES string of the molecule is Cc1nc(C)nc(-c2ccc3c4ccc(-c5nc(C)nc(C)n5)cc4n(-c4ccc(C#N)cc4-c4nc(C)nc(C)n4)c3c2)n1. The lowest BCUT2D eigenvalue weighted by molar-refractivity contribution is 0.925. The van der Waals surface area contributed by atoms with E-state index in [0.717, 1.165) is 38.6 Å². The van der Waals surface area contributed by atoms with Gasteiger partial charge in [0, 0.05) is 27.5 Å². The topological polar surface area (TPSA) is 145 Å². The molecule has 7 rings (SSSR count). The Morgan fingerprint density at radius 1 is 0.489 bits per heavy atom. The van der Waals surface area contributed by atoms with Gasteiger partial charge in [0.2, 0.25) is 0 Å². The molecule has 11 nitrogen and oxygen atoms in total. The molecule has 0 aliphatic carbocycles. The number of nitrogens with zero attached hydrogens (tertiary/aromatic N) is 11. The first-order chi connectivity index (χ1) is 21.7. The molecule has 0 N–H and O–H groups in total. The van der Waals surface area contributed by atoms with Crippen LogP contribution < -0.4 is 0 Å². The fraction of sp³-hybridized carbons (Fsp3) is 0.176. The Morgan fingerprint density at radius 2 is 0.911 bits per heavy atom. The van der Waals surface area contributed by atoms with Crippen molar-refractivity contribution in [3.63, 3.8) is 0 Å². The van der Waals surface area contributed by atoms with Gasteiger partial charge in [-0.05, 0) is 71.9 Å². The Labute approximate surface area is 258 Å². The third-order valence-corrected chi connectivity index (χ3v) is 7.47. The number of benzene rings is 3. The van der Waals surface area contributed by atoms with Crippen molar-refractivity contribution in [2.45, 2.75) is 41.5 Å². The molecule has 0 fully saturated rings. The first-order valence-corrected chi connectivity index (χ1v) is 14.4. The normalized spacial score (nSPS) is 11.3. The molecule has 0 amide bonds. The summed E-state index contributed by atoms with van der Waals surface area (Å²) in [4.78, 5) is 41.0. The Kier molecular flexibility index (Phi) is 6.55. The molecule has 3 aromatic carbocycles. The lowest BCUT2D eigenvalue weighted by atomic mass is 10.1. The largest absolute Gasteiger partial charge is 0.308 e. The number of rotatable bonds is 4.